The first kappa shape index (κ1) is 31.7. The molecule has 11 heteroatoms. The molecule has 11 nitrogen and oxygen atoms in total. The summed E-state index contributed by atoms with van der Waals surface area (Å²) in [6.45, 7) is 0.987. The second-order valence-electron chi connectivity index (χ2n) is 11.9. The fourth-order valence-corrected chi connectivity index (χ4v) is 5.65. The number of nitrogens with zero attached hydrogens (tertiary/aromatic N) is 1. The molecule has 1 fully saturated rings. The molecular weight excluding hydrogens is 572 g/mol. The van der Waals surface area contributed by atoms with Gasteiger partial charge in [-0.05, 0) is 37.0 Å². The first-order valence-corrected chi connectivity index (χ1v) is 15.5. The van der Waals surface area contributed by atoms with Gasteiger partial charge in [0, 0.05) is 50.0 Å². The van der Waals surface area contributed by atoms with Crippen LogP contribution in [-0.4, -0.2) is 78.2 Å². The van der Waals surface area contributed by atoms with Crippen LogP contribution in [0.2, 0.25) is 1.41 Å². The van der Waals surface area contributed by atoms with Gasteiger partial charge < -0.3 is 31.1 Å². The molecule has 5 amide bonds. The van der Waals surface area contributed by atoms with E-state index in [1.54, 1.807) is 20.3 Å². The zero-order valence-corrected chi connectivity index (χ0v) is 26.2. The van der Waals surface area contributed by atoms with E-state index in [4.69, 9.17) is 1.41 Å². The van der Waals surface area contributed by atoms with Gasteiger partial charge in [-0.3, -0.25) is 24.0 Å². The third-order valence-corrected chi connectivity index (χ3v) is 8.18. The highest BCUT2D eigenvalue weighted by Gasteiger charge is 2.30. The van der Waals surface area contributed by atoms with Gasteiger partial charge in [0.25, 0.3) is 0 Å². The second kappa shape index (κ2) is 15.9. The number of H-pyrrole nitrogens is 1. The van der Waals surface area contributed by atoms with E-state index in [0.717, 1.165) is 54.1 Å². The van der Waals surface area contributed by atoms with Crippen molar-refractivity contribution in [2.24, 2.45) is 5.92 Å². The van der Waals surface area contributed by atoms with Crippen LogP contribution in [0.25, 0.3) is 10.9 Å². The summed E-state index contributed by atoms with van der Waals surface area (Å²) in [5.41, 5.74) is 2.48. The van der Waals surface area contributed by atoms with Crippen molar-refractivity contribution in [3.8, 4) is 0 Å². The predicted octanol–water partition coefficient (Wildman–Crippen LogP) is 2.21. The number of likely N-dealkylation sites (N-methyl/N-ethyl adjacent to an activating group) is 1. The van der Waals surface area contributed by atoms with Gasteiger partial charge in [0.2, 0.25) is 29.5 Å². The number of carbonyl (C=O) groups is 5. The predicted molar refractivity (Wildman–Crippen MR) is 172 cm³/mol. The molecule has 1 aliphatic rings. The molecule has 2 aromatic carbocycles. The number of rotatable bonds is 13. The molecule has 3 aromatic rings. The lowest BCUT2D eigenvalue weighted by Crippen LogP contribution is -2.57. The lowest BCUT2D eigenvalue weighted by molar-refractivity contribution is -0.136. The van der Waals surface area contributed by atoms with E-state index in [2.05, 4.69) is 20.9 Å². The Morgan fingerprint density at radius 1 is 0.889 bits per heavy atom. The van der Waals surface area contributed by atoms with Crippen LogP contribution in [0.3, 0.4) is 0 Å². The summed E-state index contributed by atoms with van der Waals surface area (Å²) in [4.78, 5) is 70.2. The maximum Gasteiger partial charge on any atom is 0.244 e. The quantitative estimate of drug-likeness (QED) is 0.199. The lowest BCUT2D eigenvalue weighted by atomic mass is 9.89. The Morgan fingerprint density at radius 2 is 1.56 bits per heavy atom. The maximum atomic E-state index is 13.8. The fourth-order valence-electron chi connectivity index (χ4n) is 5.65. The first-order chi connectivity index (χ1) is 22.0. The van der Waals surface area contributed by atoms with Crippen molar-refractivity contribution in [3.63, 3.8) is 0 Å². The maximum absolute atomic E-state index is 13.8. The van der Waals surface area contributed by atoms with E-state index in [9.17, 15) is 24.0 Å². The number of aromatic amines is 1. The van der Waals surface area contributed by atoms with Crippen LogP contribution in [0, 0.1) is 5.92 Å². The Kier molecular flexibility index (Phi) is 11.2. The Hall–Kier alpha value is -4.67. The topological polar surface area (TPSA) is 152 Å². The summed E-state index contributed by atoms with van der Waals surface area (Å²) in [5.74, 6) is -2.71. The van der Waals surface area contributed by atoms with Crippen LogP contribution in [-0.2, 0) is 36.8 Å². The number of carbonyl (C=O) groups excluding carboxylic acids is 5. The number of hydrogen-bond acceptors (Lipinski definition) is 5. The fraction of sp³-hybridized carbons (Fsp3) is 0.441. The van der Waals surface area contributed by atoms with Gasteiger partial charge in [0.15, 0.2) is 1.41 Å². The Labute approximate surface area is 265 Å². The number of aromatic nitrogens is 1. The largest absolute Gasteiger partial charge is 0.361 e. The summed E-state index contributed by atoms with van der Waals surface area (Å²) >= 11 is 0. The summed E-state index contributed by atoms with van der Waals surface area (Å²) in [6, 6.07) is 13.6. The molecule has 0 unspecified atom stereocenters. The standard InChI is InChI=1S/C34H44N6O5/c1-22(37-30(41)21-36-32(43)24-14-8-5-9-15-24)31(42)38-28(19-25-20-35-27-17-11-10-16-26(25)27)33(44)39-29(34(45)40(2)3)18-23-12-6-4-7-13-23/h4,6-7,10-13,16-17,20,22,24,28-29,35H,5,8-9,14-15,18-19,21H2,1-3H3,(H,36,43)(H,37,41)(H,38,42)(H,39,44)/t22-,28-,29-/m0/s1/i/hD. The number of fused-ring (bicyclic) bond motifs is 1. The van der Waals surface area contributed by atoms with Crippen LogP contribution < -0.4 is 21.3 Å². The number of nitrogens with one attached hydrogen (secondary N) is 5. The van der Waals surface area contributed by atoms with E-state index < -0.39 is 42.4 Å². The van der Waals surface area contributed by atoms with Crippen molar-refractivity contribution in [2.75, 3.05) is 20.6 Å². The average Bonchev–Trinajstić information content (AvgIpc) is 3.48. The molecule has 0 radical (unpaired) electrons. The van der Waals surface area contributed by atoms with Gasteiger partial charge in [-0.1, -0.05) is 67.8 Å². The molecule has 0 aliphatic heterocycles. The van der Waals surface area contributed by atoms with Crippen molar-refractivity contribution in [3.05, 3.63) is 71.9 Å². The summed E-state index contributed by atoms with van der Waals surface area (Å²) < 4.78 is 8.32. The van der Waals surface area contributed by atoms with Crippen molar-refractivity contribution in [1.29, 1.82) is 0 Å². The van der Waals surface area contributed by atoms with Gasteiger partial charge in [0.05, 0.1) is 6.54 Å². The molecule has 5 N–H and O–H groups in total. The summed E-state index contributed by atoms with van der Waals surface area (Å²) in [5, 5.41) is 9.56. The summed E-state index contributed by atoms with van der Waals surface area (Å²) in [7, 11) is 3.22. The van der Waals surface area contributed by atoms with Crippen LogP contribution in [0.15, 0.2) is 60.8 Å². The highest BCUT2D eigenvalue weighted by Crippen LogP contribution is 2.23. The number of para-hydroxylation sites is 1. The lowest BCUT2D eigenvalue weighted by Gasteiger charge is -2.26. The van der Waals surface area contributed by atoms with Crippen molar-refractivity contribution < 1.29 is 25.4 Å². The minimum atomic E-state index is -1.26. The van der Waals surface area contributed by atoms with Gasteiger partial charge in [-0.25, -0.2) is 0 Å². The molecule has 0 spiro atoms. The third kappa shape index (κ3) is 9.41. The average molecular weight is 618 g/mol. The van der Waals surface area contributed by atoms with E-state index in [0.29, 0.717) is 5.31 Å². The number of benzene rings is 2. The zero-order valence-electron chi connectivity index (χ0n) is 27.2. The highest BCUT2D eigenvalue weighted by atomic mass is 16.2. The Bertz CT molecular complexity index is 1520. The van der Waals surface area contributed by atoms with Gasteiger partial charge in [-0.2, -0.15) is 0 Å². The van der Waals surface area contributed by atoms with Crippen LogP contribution in [0.5, 0.6) is 0 Å². The van der Waals surface area contributed by atoms with Gasteiger partial charge in [0.1, 0.15) is 18.1 Å². The van der Waals surface area contributed by atoms with Crippen molar-refractivity contribution >= 4 is 40.4 Å². The third-order valence-electron chi connectivity index (χ3n) is 8.18. The first-order valence-electron chi connectivity index (χ1n) is 16.0. The smallest absolute Gasteiger partial charge is 0.244 e. The SMILES string of the molecule is [2H]N(C(=O)CNC(=O)C1CCCCC1)[C@@H](C)C(=O)N[C@@H](Cc1c[nH]c2ccccc12)C(=O)N[C@@H](Cc1ccccc1)C(=O)N(C)C. The molecule has 240 valence electrons. The molecule has 4 rings (SSSR count). The minimum Gasteiger partial charge on any atom is -0.361 e. The molecular formula is C34H44N6O5. The number of hydrogen-bond donors (Lipinski definition) is 5. The van der Waals surface area contributed by atoms with Crippen molar-refractivity contribution in [2.45, 2.75) is 70.0 Å². The Balaban J connectivity index is 1.48. The highest BCUT2D eigenvalue weighted by molar-refractivity contribution is 5.95. The normalized spacial score (nSPS) is 15.7. The molecule has 1 aromatic heterocycles. The van der Waals surface area contributed by atoms with E-state index in [1.807, 2.05) is 54.6 Å². The van der Waals surface area contributed by atoms with Crippen LogP contribution in [0.1, 0.15) is 50.2 Å². The monoisotopic (exact) mass is 617 g/mol. The van der Waals surface area contributed by atoms with Crippen molar-refractivity contribution in [1.82, 2.24) is 31.1 Å². The van der Waals surface area contributed by atoms with E-state index >= 15 is 0 Å². The van der Waals surface area contributed by atoms with E-state index in [-0.39, 0.29) is 30.6 Å². The minimum absolute atomic E-state index is 0.0892. The number of amides is 5. The molecule has 1 saturated carbocycles. The molecule has 0 saturated heterocycles. The molecule has 45 heavy (non-hydrogen) atoms. The van der Waals surface area contributed by atoms with Crippen LogP contribution in [0.4, 0.5) is 0 Å². The molecule has 3 atom stereocenters. The van der Waals surface area contributed by atoms with E-state index in [1.165, 1.54) is 11.8 Å². The van der Waals surface area contributed by atoms with Gasteiger partial charge >= 0.3 is 0 Å². The zero-order chi connectivity index (χ0) is 33.2. The molecule has 0 bridgehead atoms. The van der Waals surface area contributed by atoms with Crippen LogP contribution >= 0.6 is 0 Å². The molecule has 1 aliphatic carbocycles. The Morgan fingerprint density at radius 3 is 2.27 bits per heavy atom. The molecule has 1 heterocycles. The second-order valence-corrected chi connectivity index (χ2v) is 11.9. The summed E-state index contributed by atoms with van der Waals surface area (Å²) in [6.07, 6.45) is 6.68. The van der Waals surface area contributed by atoms with Gasteiger partial charge in [-0.15, -0.1) is 0 Å².